The summed E-state index contributed by atoms with van der Waals surface area (Å²) in [4.78, 5) is 24.3. The Morgan fingerprint density at radius 1 is 1.11 bits per heavy atom. The molecule has 0 aliphatic rings. The minimum absolute atomic E-state index is 0.113. The number of fused-ring (bicyclic) bond motifs is 1. The Kier molecular flexibility index (Phi) is 5.99. The van der Waals surface area contributed by atoms with Crippen LogP contribution >= 0.6 is 0 Å². The number of aryl methyl sites for hydroxylation is 1. The summed E-state index contributed by atoms with van der Waals surface area (Å²) < 4.78 is 21.8. The highest BCUT2D eigenvalue weighted by molar-refractivity contribution is 5.79. The quantitative estimate of drug-likeness (QED) is 0.561. The molecule has 0 aliphatic heterocycles. The van der Waals surface area contributed by atoms with Crippen molar-refractivity contribution in [2.75, 3.05) is 6.61 Å². The second-order valence-electron chi connectivity index (χ2n) is 6.48. The summed E-state index contributed by atoms with van der Waals surface area (Å²) in [6.07, 6.45) is 1.87. The molecule has 0 radical (unpaired) electrons. The summed E-state index contributed by atoms with van der Waals surface area (Å²) in [7, 11) is 0. The molecule has 1 heterocycles. The fraction of sp³-hybridized carbons (Fsp3) is 0.273. The van der Waals surface area contributed by atoms with Gasteiger partial charge in [-0.25, -0.2) is 4.79 Å². The van der Waals surface area contributed by atoms with Crippen molar-refractivity contribution in [1.29, 1.82) is 0 Å². The van der Waals surface area contributed by atoms with Crippen molar-refractivity contribution in [2.45, 2.75) is 33.3 Å². The summed E-state index contributed by atoms with van der Waals surface area (Å²) in [5, 5.41) is 0.364. The molecule has 0 atom stereocenters. The standard InChI is InChI=1S/C22H22O6/c1-4-15-7-5-6-8-18(15)28-20-12-26-19-11-16(9-10-17(19)22(20)24)25-13-21(23)27-14(2)3/h5-12,14H,4,13H2,1-3H3. The predicted octanol–water partition coefficient (Wildman–Crippen LogP) is 4.48. The highest BCUT2D eigenvalue weighted by atomic mass is 16.6. The van der Waals surface area contributed by atoms with Crippen LogP contribution in [0.15, 0.2) is 57.9 Å². The fourth-order valence-electron chi connectivity index (χ4n) is 2.70. The predicted molar refractivity (Wildman–Crippen MR) is 105 cm³/mol. The van der Waals surface area contributed by atoms with Gasteiger partial charge in [0.25, 0.3) is 0 Å². The number of carbonyl (C=O) groups is 1. The maximum atomic E-state index is 12.7. The molecular formula is C22H22O6. The van der Waals surface area contributed by atoms with Gasteiger partial charge in [0.1, 0.15) is 23.3 Å². The van der Waals surface area contributed by atoms with E-state index in [-0.39, 0.29) is 23.9 Å². The van der Waals surface area contributed by atoms with E-state index in [1.54, 1.807) is 32.0 Å². The largest absolute Gasteiger partial charge is 0.482 e. The monoisotopic (exact) mass is 382 g/mol. The Hall–Kier alpha value is -3.28. The normalized spacial score (nSPS) is 10.9. The van der Waals surface area contributed by atoms with Crippen molar-refractivity contribution in [3.63, 3.8) is 0 Å². The van der Waals surface area contributed by atoms with Crippen molar-refractivity contribution >= 4 is 16.9 Å². The molecule has 0 unspecified atom stereocenters. The van der Waals surface area contributed by atoms with Gasteiger partial charge in [-0.05, 0) is 44.0 Å². The molecule has 2 aromatic carbocycles. The first-order chi connectivity index (χ1) is 13.5. The van der Waals surface area contributed by atoms with E-state index >= 15 is 0 Å². The molecule has 6 heteroatoms. The van der Waals surface area contributed by atoms with Gasteiger partial charge in [-0.2, -0.15) is 0 Å². The lowest BCUT2D eigenvalue weighted by Crippen LogP contribution is -2.18. The Bertz CT molecular complexity index is 1030. The second-order valence-corrected chi connectivity index (χ2v) is 6.48. The zero-order chi connectivity index (χ0) is 20.1. The van der Waals surface area contributed by atoms with E-state index in [0.29, 0.717) is 22.5 Å². The molecular weight excluding hydrogens is 360 g/mol. The number of rotatable bonds is 7. The summed E-state index contributed by atoms with van der Waals surface area (Å²) in [6.45, 7) is 5.33. The van der Waals surface area contributed by atoms with Crippen molar-refractivity contribution in [3.05, 3.63) is 64.5 Å². The highest BCUT2D eigenvalue weighted by Gasteiger charge is 2.13. The van der Waals surface area contributed by atoms with Gasteiger partial charge in [0, 0.05) is 6.07 Å². The van der Waals surface area contributed by atoms with Crippen LogP contribution in [0.3, 0.4) is 0 Å². The molecule has 3 rings (SSSR count). The number of hydrogen-bond donors (Lipinski definition) is 0. The van der Waals surface area contributed by atoms with Gasteiger partial charge in [0.2, 0.25) is 11.2 Å². The van der Waals surface area contributed by atoms with Crippen LogP contribution < -0.4 is 14.9 Å². The van der Waals surface area contributed by atoms with E-state index in [9.17, 15) is 9.59 Å². The summed E-state index contributed by atoms with van der Waals surface area (Å²) in [5.74, 6) is 0.680. The Balaban J connectivity index is 1.81. The van der Waals surface area contributed by atoms with Gasteiger partial charge in [-0.3, -0.25) is 4.79 Å². The van der Waals surface area contributed by atoms with Gasteiger partial charge in [0.05, 0.1) is 11.5 Å². The van der Waals surface area contributed by atoms with E-state index in [1.807, 2.05) is 31.2 Å². The van der Waals surface area contributed by atoms with Gasteiger partial charge in [-0.15, -0.1) is 0 Å². The van der Waals surface area contributed by atoms with Crippen molar-refractivity contribution in [3.8, 4) is 17.2 Å². The molecule has 1 aromatic heterocycles. The number of esters is 1. The van der Waals surface area contributed by atoms with Crippen molar-refractivity contribution in [2.24, 2.45) is 0 Å². The first-order valence-corrected chi connectivity index (χ1v) is 9.11. The van der Waals surface area contributed by atoms with Crippen LogP contribution in [0.2, 0.25) is 0 Å². The van der Waals surface area contributed by atoms with Gasteiger partial charge >= 0.3 is 5.97 Å². The zero-order valence-electron chi connectivity index (χ0n) is 16.1. The van der Waals surface area contributed by atoms with Crippen LogP contribution in [-0.2, 0) is 16.0 Å². The highest BCUT2D eigenvalue weighted by Crippen LogP contribution is 2.26. The molecule has 0 saturated carbocycles. The minimum atomic E-state index is -0.463. The van der Waals surface area contributed by atoms with Crippen LogP contribution in [-0.4, -0.2) is 18.7 Å². The summed E-state index contributed by atoms with van der Waals surface area (Å²) in [6, 6.07) is 12.3. The molecule has 0 amide bonds. The third-order valence-electron chi connectivity index (χ3n) is 4.01. The lowest BCUT2D eigenvalue weighted by atomic mass is 10.1. The number of benzene rings is 2. The Morgan fingerprint density at radius 2 is 1.89 bits per heavy atom. The van der Waals surface area contributed by atoms with E-state index in [1.165, 1.54) is 6.26 Å². The molecule has 3 aromatic rings. The smallest absolute Gasteiger partial charge is 0.344 e. The number of para-hydroxylation sites is 1. The average molecular weight is 382 g/mol. The van der Waals surface area contributed by atoms with Gasteiger partial charge < -0.3 is 18.6 Å². The molecule has 146 valence electrons. The minimum Gasteiger partial charge on any atom is -0.482 e. The van der Waals surface area contributed by atoms with Gasteiger partial charge in [0.15, 0.2) is 6.61 Å². The van der Waals surface area contributed by atoms with E-state index in [4.69, 9.17) is 18.6 Å². The zero-order valence-corrected chi connectivity index (χ0v) is 16.1. The van der Waals surface area contributed by atoms with Crippen LogP contribution in [0.1, 0.15) is 26.3 Å². The first kappa shape index (κ1) is 19.5. The topological polar surface area (TPSA) is 75.0 Å². The maximum absolute atomic E-state index is 12.7. The molecule has 6 nitrogen and oxygen atoms in total. The van der Waals surface area contributed by atoms with E-state index in [0.717, 1.165) is 12.0 Å². The van der Waals surface area contributed by atoms with Crippen LogP contribution in [0.25, 0.3) is 11.0 Å². The molecule has 28 heavy (non-hydrogen) atoms. The lowest BCUT2D eigenvalue weighted by molar-refractivity contribution is -0.149. The molecule has 0 spiro atoms. The molecule has 0 N–H and O–H groups in total. The lowest BCUT2D eigenvalue weighted by Gasteiger charge is -2.11. The number of ether oxygens (including phenoxy) is 3. The summed E-state index contributed by atoms with van der Waals surface area (Å²) >= 11 is 0. The van der Waals surface area contributed by atoms with Crippen LogP contribution in [0.5, 0.6) is 17.2 Å². The Labute approximate surface area is 162 Å². The average Bonchev–Trinajstić information content (AvgIpc) is 2.68. The first-order valence-electron chi connectivity index (χ1n) is 9.11. The van der Waals surface area contributed by atoms with E-state index < -0.39 is 5.97 Å². The second kappa shape index (κ2) is 8.61. The fourth-order valence-corrected chi connectivity index (χ4v) is 2.70. The molecule has 0 saturated heterocycles. The van der Waals surface area contributed by atoms with Gasteiger partial charge in [-0.1, -0.05) is 25.1 Å². The maximum Gasteiger partial charge on any atom is 0.344 e. The Morgan fingerprint density at radius 3 is 2.64 bits per heavy atom. The van der Waals surface area contributed by atoms with Crippen LogP contribution in [0.4, 0.5) is 0 Å². The number of carbonyl (C=O) groups excluding carboxylic acids is 1. The molecule has 0 fully saturated rings. The van der Waals surface area contributed by atoms with E-state index in [2.05, 4.69) is 0 Å². The third-order valence-corrected chi connectivity index (χ3v) is 4.01. The van der Waals surface area contributed by atoms with Crippen molar-refractivity contribution < 1.29 is 23.4 Å². The van der Waals surface area contributed by atoms with Crippen molar-refractivity contribution in [1.82, 2.24) is 0 Å². The van der Waals surface area contributed by atoms with Crippen LogP contribution in [0, 0.1) is 0 Å². The summed E-state index contributed by atoms with van der Waals surface area (Å²) in [5.41, 5.74) is 1.06. The molecule has 0 bridgehead atoms. The third kappa shape index (κ3) is 4.52. The molecule has 0 aliphatic carbocycles. The number of hydrogen-bond acceptors (Lipinski definition) is 6. The SMILES string of the molecule is CCc1ccccc1Oc1coc2cc(OCC(=O)OC(C)C)ccc2c1=O.